The van der Waals surface area contributed by atoms with E-state index < -0.39 is 6.10 Å². The van der Waals surface area contributed by atoms with Crippen LogP contribution in [0.3, 0.4) is 0 Å². The Bertz CT molecular complexity index is 552. The molecule has 0 aliphatic carbocycles. The van der Waals surface area contributed by atoms with E-state index in [1.54, 1.807) is 12.1 Å². The molecule has 1 aromatic carbocycles. The molecule has 1 aromatic rings. The SMILES string of the molecule is O=C(CNC[C@H]1CCCO1)N1CCC([C@@H](O)c2ccc(Cl)cc2)CC1. The summed E-state index contributed by atoms with van der Waals surface area (Å²) in [6.07, 6.45) is 3.60. The number of piperidine rings is 1. The van der Waals surface area contributed by atoms with Gasteiger partial charge < -0.3 is 20.1 Å². The number of ether oxygens (including phenoxy) is 1. The molecule has 2 atom stereocenters. The zero-order valence-electron chi connectivity index (χ0n) is 14.5. The Hall–Kier alpha value is -1.14. The number of aliphatic hydroxyl groups excluding tert-OH is 1. The first-order chi connectivity index (χ1) is 12.1. The van der Waals surface area contributed by atoms with E-state index in [9.17, 15) is 9.90 Å². The first-order valence-corrected chi connectivity index (χ1v) is 9.55. The average Bonchev–Trinajstić information content (AvgIpc) is 3.15. The molecule has 0 unspecified atom stereocenters. The number of nitrogens with zero attached hydrogens (tertiary/aromatic N) is 1. The van der Waals surface area contributed by atoms with Gasteiger partial charge in [0.25, 0.3) is 0 Å². The number of nitrogens with one attached hydrogen (secondary N) is 1. The van der Waals surface area contributed by atoms with Crippen LogP contribution < -0.4 is 5.32 Å². The van der Waals surface area contributed by atoms with Crippen molar-refractivity contribution < 1.29 is 14.6 Å². The highest BCUT2D eigenvalue weighted by Crippen LogP contribution is 2.31. The van der Waals surface area contributed by atoms with E-state index in [4.69, 9.17) is 16.3 Å². The van der Waals surface area contributed by atoms with Crippen LogP contribution in [0.15, 0.2) is 24.3 Å². The monoisotopic (exact) mass is 366 g/mol. The van der Waals surface area contributed by atoms with Crippen molar-refractivity contribution in [3.05, 3.63) is 34.9 Å². The lowest BCUT2D eigenvalue weighted by molar-refractivity contribution is -0.132. The molecule has 0 spiro atoms. The van der Waals surface area contributed by atoms with Crippen molar-refractivity contribution in [3.63, 3.8) is 0 Å². The fraction of sp³-hybridized carbons (Fsp3) is 0.632. The number of rotatable bonds is 6. The molecule has 2 N–H and O–H groups in total. The van der Waals surface area contributed by atoms with Gasteiger partial charge in [0.2, 0.25) is 5.91 Å². The molecular weight excluding hydrogens is 340 g/mol. The molecule has 138 valence electrons. The highest BCUT2D eigenvalue weighted by molar-refractivity contribution is 6.30. The maximum Gasteiger partial charge on any atom is 0.236 e. The Morgan fingerprint density at radius 3 is 2.64 bits per heavy atom. The van der Waals surface area contributed by atoms with Gasteiger partial charge in [-0.05, 0) is 49.3 Å². The van der Waals surface area contributed by atoms with Crippen LogP contribution in [0.5, 0.6) is 0 Å². The van der Waals surface area contributed by atoms with E-state index in [0.717, 1.165) is 44.4 Å². The summed E-state index contributed by atoms with van der Waals surface area (Å²) in [7, 11) is 0. The van der Waals surface area contributed by atoms with Crippen LogP contribution >= 0.6 is 11.6 Å². The minimum atomic E-state index is -0.493. The van der Waals surface area contributed by atoms with Crippen LogP contribution in [0, 0.1) is 5.92 Å². The number of carbonyl (C=O) groups is 1. The number of benzene rings is 1. The lowest BCUT2D eigenvalue weighted by atomic mass is 9.87. The lowest BCUT2D eigenvalue weighted by Gasteiger charge is -2.34. The summed E-state index contributed by atoms with van der Waals surface area (Å²) in [5.74, 6) is 0.322. The maximum atomic E-state index is 12.3. The smallest absolute Gasteiger partial charge is 0.236 e. The highest BCUT2D eigenvalue weighted by Gasteiger charge is 2.28. The van der Waals surface area contributed by atoms with Gasteiger partial charge in [-0.2, -0.15) is 0 Å². The second kappa shape index (κ2) is 8.99. The second-order valence-electron chi connectivity index (χ2n) is 6.98. The Morgan fingerprint density at radius 1 is 1.28 bits per heavy atom. The Balaban J connectivity index is 1.40. The normalized spacial score (nSPS) is 23.0. The number of amides is 1. The summed E-state index contributed by atoms with van der Waals surface area (Å²) >= 11 is 5.90. The first-order valence-electron chi connectivity index (χ1n) is 9.17. The molecule has 6 heteroatoms. The number of hydrogen-bond donors (Lipinski definition) is 2. The molecule has 0 aromatic heterocycles. The molecule has 0 bridgehead atoms. The zero-order chi connectivity index (χ0) is 17.6. The quantitative estimate of drug-likeness (QED) is 0.811. The highest BCUT2D eigenvalue weighted by atomic mass is 35.5. The molecule has 2 saturated heterocycles. The molecule has 1 amide bonds. The summed E-state index contributed by atoms with van der Waals surface area (Å²) in [5.41, 5.74) is 0.896. The molecule has 0 radical (unpaired) electrons. The van der Waals surface area contributed by atoms with Crippen molar-refractivity contribution in [3.8, 4) is 0 Å². The van der Waals surface area contributed by atoms with Gasteiger partial charge in [0.1, 0.15) is 0 Å². The third-order valence-corrected chi connectivity index (χ3v) is 5.47. The second-order valence-corrected chi connectivity index (χ2v) is 7.42. The van der Waals surface area contributed by atoms with Crippen molar-refractivity contribution in [2.24, 2.45) is 5.92 Å². The molecule has 5 nitrogen and oxygen atoms in total. The Kier molecular flexibility index (Phi) is 6.70. The summed E-state index contributed by atoms with van der Waals surface area (Å²) in [6.45, 7) is 3.36. The summed E-state index contributed by atoms with van der Waals surface area (Å²) < 4.78 is 5.55. The lowest BCUT2D eigenvalue weighted by Crippen LogP contribution is -2.44. The molecule has 2 aliphatic rings. The number of halogens is 1. The van der Waals surface area contributed by atoms with E-state index in [2.05, 4.69) is 5.32 Å². The van der Waals surface area contributed by atoms with E-state index in [1.807, 2.05) is 17.0 Å². The number of hydrogen-bond acceptors (Lipinski definition) is 4. The first kappa shape index (κ1) is 18.6. The van der Waals surface area contributed by atoms with Crippen molar-refractivity contribution >= 4 is 17.5 Å². The van der Waals surface area contributed by atoms with E-state index in [0.29, 0.717) is 24.7 Å². The zero-order valence-corrected chi connectivity index (χ0v) is 15.3. The summed E-state index contributed by atoms with van der Waals surface area (Å²) in [6, 6.07) is 7.36. The molecule has 2 heterocycles. The summed E-state index contributed by atoms with van der Waals surface area (Å²) in [5, 5.41) is 14.4. The van der Waals surface area contributed by atoms with Crippen molar-refractivity contribution in [1.82, 2.24) is 10.2 Å². The predicted molar refractivity (Wildman–Crippen MR) is 97.6 cm³/mol. The molecule has 25 heavy (non-hydrogen) atoms. The van der Waals surface area contributed by atoms with Crippen LogP contribution in [0.25, 0.3) is 0 Å². The number of aliphatic hydroxyl groups is 1. The van der Waals surface area contributed by atoms with Gasteiger partial charge in [0.15, 0.2) is 0 Å². The van der Waals surface area contributed by atoms with Gasteiger partial charge in [-0.15, -0.1) is 0 Å². The maximum absolute atomic E-state index is 12.3. The molecule has 2 aliphatic heterocycles. The van der Waals surface area contributed by atoms with Gasteiger partial charge in [0.05, 0.1) is 18.8 Å². The van der Waals surface area contributed by atoms with E-state index in [1.165, 1.54) is 0 Å². The average molecular weight is 367 g/mol. The predicted octanol–water partition coefficient (Wildman–Crippen LogP) is 2.38. The standard InChI is InChI=1S/C19H27ClN2O3/c20-16-5-3-14(4-6-16)19(24)15-7-9-22(10-8-15)18(23)13-21-12-17-2-1-11-25-17/h3-6,15,17,19,21,24H,1-2,7-13H2/t17-,19+/m1/s1. The van der Waals surface area contributed by atoms with Crippen LogP contribution in [0.1, 0.15) is 37.4 Å². The topological polar surface area (TPSA) is 61.8 Å². The van der Waals surface area contributed by atoms with Gasteiger partial charge >= 0.3 is 0 Å². The van der Waals surface area contributed by atoms with Gasteiger partial charge in [-0.25, -0.2) is 0 Å². The third-order valence-electron chi connectivity index (χ3n) is 5.22. The summed E-state index contributed by atoms with van der Waals surface area (Å²) in [4.78, 5) is 14.2. The minimum absolute atomic E-state index is 0.137. The van der Waals surface area contributed by atoms with Crippen LogP contribution in [0.2, 0.25) is 5.02 Å². The minimum Gasteiger partial charge on any atom is -0.388 e. The fourth-order valence-electron chi connectivity index (χ4n) is 3.65. The Labute approximate surface area is 154 Å². The van der Waals surface area contributed by atoms with Gasteiger partial charge in [-0.1, -0.05) is 23.7 Å². The van der Waals surface area contributed by atoms with Crippen LogP contribution in [0.4, 0.5) is 0 Å². The number of carbonyl (C=O) groups excluding carboxylic acids is 1. The van der Waals surface area contributed by atoms with Gasteiger partial charge in [-0.3, -0.25) is 4.79 Å². The molecule has 3 rings (SSSR count). The van der Waals surface area contributed by atoms with Crippen molar-refractivity contribution in [1.29, 1.82) is 0 Å². The molecule has 2 fully saturated rings. The molecule has 0 saturated carbocycles. The van der Waals surface area contributed by atoms with Crippen LogP contribution in [-0.4, -0.2) is 54.8 Å². The van der Waals surface area contributed by atoms with Crippen molar-refractivity contribution in [2.75, 3.05) is 32.8 Å². The van der Waals surface area contributed by atoms with E-state index >= 15 is 0 Å². The van der Waals surface area contributed by atoms with Gasteiger partial charge in [0, 0.05) is 31.3 Å². The third kappa shape index (κ3) is 5.17. The van der Waals surface area contributed by atoms with Crippen molar-refractivity contribution in [2.45, 2.75) is 37.9 Å². The number of likely N-dealkylation sites (tertiary alicyclic amines) is 1. The Morgan fingerprint density at radius 2 is 2.00 bits per heavy atom. The van der Waals surface area contributed by atoms with Crippen LogP contribution in [-0.2, 0) is 9.53 Å². The van der Waals surface area contributed by atoms with E-state index in [-0.39, 0.29) is 17.9 Å². The molecular formula is C19H27ClN2O3. The fourth-order valence-corrected chi connectivity index (χ4v) is 3.78. The largest absolute Gasteiger partial charge is 0.388 e.